The summed E-state index contributed by atoms with van der Waals surface area (Å²) in [5, 5.41) is 9.60. The van der Waals surface area contributed by atoms with Crippen LogP contribution in [0.1, 0.15) is 29.4 Å². The lowest BCUT2D eigenvalue weighted by Crippen LogP contribution is -2.16. The second kappa shape index (κ2) is 8.02. The minimum atomic E-state index is -0.751. The summed E-state index contributed by atoms with van der Waals surface area (Å²) in [4.78, 5) is 11.8. The zero-order chi connectivity index (χ0) is 17.7. The molecule has 2 rings (SSSR count). The normalized spacial score (nSPS) is 13.0. The van der Waals surface area contributed by atoms with Crippen LogP contribution in [0.2, 0.25) is 0 Å². The molecule has 2 aromatic rings. The van der Waals surface area contributed by atoms with Crippen LogP contribution in [0.3, 0.4) is 0 Å². The van der Waals surface area contributed by atoms with Crippen molar-refractivity contribution in [2.45, 2.75) is 18.3 Å². The fraction of sp³-hybridized carbons (Fsp3) is 0.222. The third-order valence-corrected chi connectivity index (χ3v) is 4.16. The van der Waals surface area contributed by atoms with Gasteiger partial charge in [-0.15, -0.1) is 0 Å². The van der Waals surface area contributed by atoms with Gasteiger partial charge >= 0.3 is 5.97 Å². The summed E-state index contributed by atoms with van der Waals surface area (Å²) in [6, 6.07) is 11.8. The van der Waals surface area contributed by atoms with Gasteiger partial charge in [0.05, 0.1) is 25.5 Å². The Balaban J connectivity index is 2.49. The molecule has 0 heterocycles. The van der Waals surface area contributed by atoms with E-state index in [9.17, 15) is 18.8 Å². The quantitative estimate of drug-likeness (QED) is 0.692. The van der Waals surface area contributed by atoms with Crippen molar-refractivity contribution in [3.05, 3.63) is 69.7 Å². The van der Waals surface area contributed by atoms with Gasteiger partial charge in [0.2, 0.25) is 0 Å². The molecule has 0 aliphatic rings. The van der Waals surface area contributed by atoms with Crippen LogP contribution in [0.5, 0.6) is 0 Å². The van der Waals surface area contributed by atoms with Gasteiger partial charge in [0.25, 0.3) is 0 Å². The third-order valence-electron chi connectivity index (χ3n) is 3.70. The molecular formula is C18H14BrF2NO2. The smallest absolute Gasteiger partial charge is 0.306 e. The van der Waals surface area contributed by atoms with Crippen molar-refractivity contribution in [2.75, 3.05) is 7.11 Å². The number of benzene rings is 2. The van der Waals surface area contributed by atoms with E-state index >= 15 is 0 Å². The Morgan fingerprint density at radius 1 is 1.17 bits per heavy atom. The van der Waals surface area contributed by atoms with Crippen molar-refractivity contribution in [3.8, 4) is 6.07 Å². The van der Waals surface area contributed by atoms with Crippen LogP contribution in [0, 0.1) is 23.0 Å². The maximum absolute atomic E-state index is 13.8. The van der Waals surface area contributed by atoms with E-state index in [-0.39, 0.29) is 6.42 Å². The Labute approximate surface area is 147 Å². The van der Waals surface area contributed by atoms with Crippen LogP contribution in [0.15, 0.2) is 46.9 Å². The first-order chi connectivity index (χ1) is 11.4. The molecule has 24 heavy (non-hydrogen) atoms. The summed E-state index contributed by atoms with van der Waals surface area (Å²) in [7, 11) is 1.25. The number of esters is 1. The highest BCUT2D eigenvalue weighted by molar-refractivity contribution is 9.10. The van der Waals surface area contributed by atoms with E-state index in [0.717, 1.165) is 0 Å². The van der Waals surface area contributed by atoms with Crippen molar-refractivity contribution in [3.63, 3.8) is 0 Å². The van der Waals surface area contributed by atoms with Crippen LogP contribution in [0.25, 0.3) is 0 Å². The number of hydrogen-bond acceptors (Lipinski definition) is 3. The highest BCUT2D eigenvalue weighted by atomic mass is 79.9. The molecule has 2 atom stereocenters. The highest BCUT2D eigenvalue weighted by Gasteiger charge is 2.28. The summed E-state index contributed by atoms with van der Waals surface area (Å²) >= 11 is 3.21. The van der Waals surface area contributed by atoms with E-state index in [4.69, 9.17) is 4.74 Å². The van der Waals surface area contributed by atoms with Crippen LogP contribution in [-0.4, -0.2) is 13.1 Å². The molecule has 124 valence electrons. The fourth-order valence-corrected chi connectivity index (χ4v) is 3.03. The number of nitriles is 1. The van der Waals surface area contributed by atoms with Crippen molar-refractivity contribution < 1.29 is 18.3 Å². The van der Waals surface area contributed by atoms with Crippen molar-refractivity contribution in [1.29, 1.82) is 5.26 Å². The maximum Gasteiger partial charge on any atom is 0.306 e. The van der Waals surface area contributed by atoms with E-state index in [1.807, 2.05) is 0 Å². The summed E-state index contributed by atoms with van der Waals surface area (Å²) in [5.74, 6) is -2.79. The summed E-state index contributed by atoms with van der Waals surface area (Å²) < 4.78 is 32.1. The van der Waals surface area contributed by atoms with Gasteiger partial charge in [-0.3, -0.25) is 4.79 Å². The van der Waals surface area contributed by atoms with Gasteiger partial charge in [0.15, 0.2) is 0 Å². The van der Waals surface area contributed by atoms with Crippen LogP contribution < -0.4 is 0 Å². The average Bonchev–Trinajstić information content (AvgIpc) is 2.55. The molecule has 0 saturated heterocycles. The highest BCUT2D eigenvalue weighted by Crippen LogP contribution is 2.37. The van der Waals surface area contributed by atoms with Crippen LogP contribution in [-0.2, 0) is 9.53 Å². The number of hydrogen-bond donors (Lipinski definition) is 0. The molecule has 0 bridgehead atoms. The number of carbonyl (C=O) groups excluding carboxylic acids is 1. The van der Waals surface area contributed by atoms with Crippen molar-refractivity contribution in [1.82, 2.24) is 0 Å². The van der Waals surface area contributed by atoms with Gasteiger partial charge in [-0.25, -0.2) is 8.78 Å². The molecule has 0 fully saturated rings. The van der Waals surface area contributed by atoms with Gasteiger partial charge < -0.3 is 4.74 Å². The largest absolute Gasteiger partial charge is 0.469 e. The maximum atomic E-state index is 13.8. The Morgan fingerprint density at radius 3 is 2.38 bits per heavy atom. The van der Waals surface area contributed by atoms with Crippen molar-refractivity contribution >= 4 is 21.9 Å². The standard InChI is InChI=1S/C18H14BrF2NO2/c1-24-18(23)9-16(12-6-13(19)8-15(21)7-12)17(10-22)11-2-4-14(20)5-3-11/h2-8,16-17H,9H2,1H3. The predicted molar refractivity (Wildman–Crippen MR) is 88.2 cm³/mol. The Kier molecular flexibility index (Phi) is 6.04. The summed E-state index contributed by atoms with van der Waals surface area (Å²) in [6.07, 6.45) is -0.0952. The van der Waals surface area contributed by atoms with E-state index < -0.39 is 29.4 Å². The lowest BCUT2D eigenvalue weighted by atomic mass is 9.80. The molecule has 0 radical (unpaired) electrons. The molecule has 0 aliphatic carbocycles. The Bertz CT molecular complexity index is 751. The van der Waals surface area contributed by atoms with Gasteiger partial charge in [0.1, 0.15) is 11.6 Å². The molecule has 6 heteroatoms. The Hall–Kier alpha value is -2.26. The minimum absolute atomic E-state index is 0.0952. The summed E-state index contributed by atoms with van der Waals surface area (Å²) in [6.45, 7) is 0. The van der Waals surface area contributed by atoms with Gasteiger partial charge in [-0.05, 0) is 41.5 Å². The van der Waals surface area contributed by atoms with Gasteiger partial charge in [-0.1, -0.05) is 28.1 Å². The first-order valence-corrected chi connectivity index (χ1v) is 7.91. The Morgan fingerprint density at radius 2 is 1.83 bits per heavy atom. The first-order valence-electron chi connectivity index (χ1n) is 7.12. The molecule has 2 unspecified atom stereocenters. The number of ether oxygens (including phenoxy) is 1. The monoisotopic (exact) mass is 393 g/mol. The molecule has 0 saturated carbocycles. The zero-order valence-electron chi connectivity index (χ0n) is 12.8. The van der Waals surface area contributed by atoms with E-state index in [1.54, 1.807) is 6.07 Å². The van der Waals surface area contributed by atoms with Crippen molar-refractivity contribution in [2.24, 2.45) is 0 Å². The predicted octanol–water partition coefficient (Wildman–Crippen LogP) is 4.68. The molecule has 0 aliphatic heterocycles. The topological polar surface area (TPSA) is 50.1 Å². The number of rotatable bonds is 5. The van der Waals surface area contributed by atoms with Gasteiger partial charge in [-0.2, -0.15) is 5.26 Å². The summed E-state index contributed by atoms with van der Waals surface area (Å²) in [5.41, 5.74) is 1.04. The number of carbonyl (C=O) groups is 1. The second-order valence-electron chi connectivity index (χ2n) is 5.25. The number of methoxy groups -OCH3 is 1. The molecular weight excluding hydrogens is 380 g/mol. The lowest BCUT2D eigenvalue weighted by Gasteiger charge is -2.22. The molecule has 0 N–H and O–H groups in total. The molecule has 0 aromatic heterocycles. The molecule has 2 aromatic carbocycles. The lowest BCUT2D eigenvalue weighted by molar-refractivity contribution is -0.141. The van der Waals surface area contributed by atoms with Gasteiger partial charge in [0, 0.05) is 10.4 Å². The molecule has 0 amide bonds. The third kappa shape index (κ3) is 4.39. The van der Waals surface area contributed by atoms with E-state index in [0.29, 0.717) is 15.6 Å². The first kappa shape index (κ1) is 18.1. The second-order valence-corrected chi connectivity index (χ2v) is 6.16. The van der Waals surface area contributed by atoms with E-state index in [2.05, 4.69) is 22.0 Å². The molecule has 3 nitrogen and oxygen atoms in total. The number of halogens is 3. The minimum Gasteiger partial charge on any atom is -0.469 e. The van der Waals surface area contributed by atoms with E-state index in [1.165, 1.54) is 43.5 Å². The van der Waals surface area contributed by atoms with Crippen LogP contribution in [0.4, 0.5) is 8.78 Å². The SMILES string of the molecule is COC(=O)CC(c1cc(F)cc(Br)c1)C(C#N)c1ccc(F)cc1. The molecule has 0 spiro atoms. The van der Waals surface area contributed by atoms with Crippen LogP contribution >= 0.6 is 15.9 Å². The average molecular weight is 394 g/mol. The number of nitrogens with zero attached hydrogens (tertiary/aromatic N) is 1. The zero-order valence-corrected chi connectivity index (χ0v) is 14.4. The fourth-order valence-electron chi connectivity index (χ4n) is 2.55.